The normalized spacial score (nSPS) is 32.2. The van der Waals surface area contributed by atoms with Crippen molar-refractivity contribution in [3.05, 3.63) is 36.0 Å². The first-order valence-corrected chi connectivity index (χ1v) is 8.54. The number of aliphatic hydroxyl groups is 2. The van der Waals surface area contributed by atoms with Crippen molar-refractivity contribution in [3.63, 3.8) is 0 Å². The smallest absolute Gasteiger partial charge is 0.334 e. The Morgan fingerprint density at radius 1 is 1.44 bits per heavy atom. The predicted octanol–water partition coefficient (Wildman–Crippen LogP) is 1.67. The lowest BCUT2D eigenvalue weighted by Crippen LogP contribution is -2.35. The maximum absolute atomic E-state index is 12.1. The Bertz CT molecular complexity index is 591. The lowest BCUT2D eigenvalue weighted by atomic mass is 9.82. The van der Waals surface area contributed by atoms with Gasteiger partial charge in [-0.3, -0.25) is 0 Å². The van der Waals surface area contributed by atoms with Gasteiger partial charge in [0.05, 0.1) is 12.5 Å². The molecule has 0 bridgehead atoms. The van der Waals surface area contributed by atoms with Crippen molar-refractivity contribution >= 4 is 11.9 Å². The van der Waals surface area contributed by atoms with Crippen LogP contribution in [0.2, 0.25) is 0 Å². The Labute approximate surface area is 147 Å². The summed E-state index contributed by atoms with van der Waals surface area (Å²) in [6.07, 6.45) is 3.04. The maximum atomic E-state index is 12.1. The topological polar surface area (TPSA) is 93.1 Å². The minimum atomic E-state index is -0.653. The first-order chi connectivity index (χ1) is 11.9. The van der Waals surface area contributed by atoms with Crippen molar-refractivity contribution in [1.29, 1.82) is 0 Å². The molecule has 1 saturated heterocycles. The number of hydrogen-bond donors (Lipinski definition) is 2. The third-order valence-corrected chi connectivity index (χ3v) is 4.81. The lowest BCUT2D eigenvalue weighted by molar-refractivity contribution is -0.148. The molecule has 0 aromatic rings. The van der Waals surface area contributed by atoms with Gasteiger partial charge in [0, 0.05) is 17.8 Å². The predicted molar refractivity (Wildman–Crippen MR) is 91.4 cm³/mol. The molecule has 2 aliphatic rings. The number of esters is 2. The largest absolute Gasteiger partial charge is 0.458 e. The van der Waals surface area contributed by atoms with E-state index in [0.29, 0.717) is 12.8 Å². The Kier molecular flexibility index (Phi) is 6.56. The second-order valence-corrected chi connectivity index (χ2v) is 6.80. The monoisotopic (exact) mass is 350 g/mol. The first-order valence-electron chi connectivity index (χ1n) is 8.54. The molecule has 1 fully saturated rings. The van der Waals surface area contributed by atoms with E-state index in [2.05, 4.69) is 13.2 Å². The number of fused-ring (bicyclic) bond motifs is 1. The fourth-order valence-corrected chi connectivity index (χ4v) is 3.36. The van der Waals surface area contributed by atoms with Crippen molar-refractivity contribution in [2.75, 3.05) is 13.2 Å². The van der Waals surface area contributed by atoms with Crippen LogP contribution in [0.1, 0.15) is 32.6 Å². The summed E-state index contributed by atoms with van der Waals surface area (Å²) in [4.78, 5) is 24.1. The number of aliphatic hydroxyl groups excluding tert-OH is 2. The van der Waals surface area contributed by atoms with Crippen molar-refractivity contribution < 1.29 is 29.3 Å². The molecule has 0 aromatic heterocycles. The van der Waals surface area contributed by atoms with E-state index < -0.39 is 30.1 Å². The quantitative estimate of drug-likeness (QED) is 0.455. The zero-order valence-corrected chi connectivity index (χ0v) is 14.6. The Morgan fingerprint density at radius 2 is 2.16 bits per heavy atom. The molecule has 138 valence electrons. The van der Waals surface area contributed by atoms with Crippen LogP contribution >= 0.6 is 0 Å². The molecule has 0 spiro atoms. The third kappa shape index (κ3) is 4.58. The van der Waals surface area contributed by atoms with E-state index >= 15 is 0 Å². The number of carbonyl (C=O) groups is 2. The van der Waals surface area contributed by atoms with E-state index in [1.807, 2.05) is 0 Å². The summed E-state index contributed by atoms with van der Waals surface area (Å²) in [5, 5.41) is 19.2. The number of rotatable bonds is 4. The van der Waals surface area contributed by atoms with Crippen LogP contribution in [0.3, 0.4) is 0 Å². The molecular formula is C19H26O6. The van der Waals surface area contributed by atoms with Gasteiger partial charge >= 0.3 is 11.9 Å². The summed E-state index contributed by atoms with van der Waals surface area (Å²) in [7, 11) is 0. The highest BCUT2D eigenvalue weighted by Gasteiger charge is 2.45. The van der Waals surface area contributed by atoms with Crippen LogP contribution in [-0.2, 0) is 19.1 Å². The minimum absolute atomic E-state index is 0.0437. The molecule has 6 heteroatoms. The van der Waals surface area contributed by atoms with E-state index in [-0.39, 0.29) is 30.3 Å². The van der Waals surface area contributed by atoms with Gasteiger partial charge in [-0.05, 0) is 50.2 Å². The molecule has 25 heavy (non-hydrogen) atoms. The molecule has 2 rings (SSSR count). The van der Waals surface area contributed by atoms with Crippen LogP contribution in [0.15, 0.2) is 36.0 Å². The zero-order valence-electron chi connectivity index (χ0n) is 14.6. The summed E-state index contributed by atoms with van der Waals surface area (Å²) >= 11 is 0. The molecule has 4 unspecified atom stereocenters. The van der Waals surface area contributed by atoms with Gasteiger partial charge in [0.25, 0.3) is 0 Å². The average Bonchev–Trinajstić information content (AvgIpc) is 2.85. The average molecular weight is 350 g/mol. The molecule has 2 N–H and O–H groups in total. The van der Waals surface area contributed by atoms with Crippen molar-refractivity contribution in [1.82, 2.24) is 0 Å². The lowest BCUT2D eigenvalue weighted by Gasteiger charge is -2.30. The van der Waals surface area contributed by atoms with Crippen LogP contribution in [-0.4, -0.2) is 47.6 Å². The van der Waals surface area contributed by atoms with Crippen molar-refractivity contribution in [2.45, 2.75) is 44.8 Å². The highest BCUT2D eigenvalue weighted by atomic mass is 16.6. The molecule has 0 aromatic carbocycles. The van der Waals surface area contributed by atoms with Crippen LogP contribution in [0.4, 0.5) is 0 Å². The Morgan fingerprint density at radius 3 is 2.76 bits per heavy atom. The van der Waals surface area contributed by atoms with Gasteiger partial charge in [-0.1, -0.05) is 13.2 Å². The molecule has 1 aliphatic heterocycles. The van der Waals surface area contributed by atoms with E-state index in [9.17, 15) is 19.8 Å². The molecule has 0 amide bonds. The molecular weight excluding hydrogens is 324 g/mol. The van der Waals surface area contributed by atoms with Gasteiger partial charge in [0.1, 0.15) is 12.2 Å². The van der Waals surface area contributed by atoms with Gasteiger partial charge in [0.2, 0.25) is 0 Å². The highest BCUT2D eigenvalue weighted by Crippen LogP contribution is 2.37. The van der Waals surface area contributed by atoms with Crippen LogP contribution in [0.25, 0.3) is 0 Å². The maximum Gasteiger partial charge on any atom is 0.334 e. The van der Waals surface area contributed by atoms with Gasteiger partial charge < -0.3 is 19.7 Å². The Balaban J connectivity index is 2.39. The molecule has 6 nitrogen and oxygen atoms in total. The van der Waals surface area contributed by atoms with E-state index in [1.165, 1.54) is 0 Å². The molecule has 0 saturated carbocycles. The SMILES string of the molecule is C=C(C)C(=O)OC1CC(CO)CCC/C(CO)=C/C2OC(=O)C(=C)C21. The summed E-state index contributed by atoms with van der Waals surface area (Å²) < 4.78 is 11.0. The molecule has 1 aliphatic carbocycles. The number of ether oxygens (including phenoxy) is 2. The third-order valence-electron chi connectivity index (χ3n) is 4.81. The summed E-state index contributed by atoms with van der Waals surface area (Å²) in [5.41, 5.74) is 1.27. The van der Waals surface area contributed by atoms with Crippen molar-refractivity contribution in [2.24, 2.45) is 11.8 Å². The first kappa shape index (κ1) is 19.4. The molecule has 0 radical (unpaired) electrons. The van der Waals surface area contributed by atoms with E-state index in [4.69, 9.17) is 9.47 Å². The highest BCUT2D eigenvalue weighted by molar-refractivity contribution is 5.91. The number of hydrogen-bond acceptors (Lipinski definition) is 6. The zero-order chi connectivity index (χ0) is 18.6. The van der Waals surface area contributed by atoms with E-state index in [0.717, 1.165) is 18.4 Å². The summed E-state index contributed by atoms with van der Waals surface area (Å²) in [6, 6.07) is 0. The minimum Gasteiger partial charge on any atom is -0.458 e. The Hall–Kier alpha value is -1.92. The fourth-order valence-electron chi connectivity index (χ4n) is 3.36. The van der Waals surface area contributed by atoms with Gasteiger partial charge in [0.15, 0.2) is 0 Å². The van der Waals surface area contributed by atoms with Gasteiger partial charge in [-0.2, -0.15) is 0 Å². The van der Waals surface area contributed by atoms with Crippen LogP contribution in [0.5, 0.6) is 0 Å². The second-order valence-electron chi connectivity index (χ2n) is 6.80. The van der Waals surface area contributed by atoms with Gasteiger partial charge in [-0.25, -0.2) is 9.59 Å². The fraction of sp³-hybridized carbons (Fsp3) is 0.579. The van der Waals surface area contributed by atoms with Gasteiger partial charge in [-0.15, -0.1) is 0 Å². The molecule has 1 heterocycles. The summed E-state index contributed by atoms with van der Waals surface area (Å²) in [6.45, 7) is 8.78. The van der Waals surface area contributed by atoms with E-state index in [1.54, 1.807) is 13.0 Å². The van der Waals surface area contributed by atoms with Crippen LogP contribution in [0, 0.1) is 11.8 Å². The van der Waals surface area contributed by atoms with Crippen molar-refractivity contribution in [3.8, 4) is 0 Å². The van der Waals surface area contributed by atoms with Crippen LogP contribution < -0.4 is 0 Å². The number of carbonyl (C=O) groups excluding carboxylic acids is 2. The molecule has 4 atom stereocenters. The second kappa shape index (κ2) is 8.45. The standard InChI is InChI=1S/C19H26O6/c1-11(2)18(22)24-15-7-13(9-20)5-4-6-14(10-21)8-16-17(15)12(3)19(23)25-16/h8,13,15-17,20-21H,1,3-7,9-10H2,2H3/b14-8-. The summed E-state index contributed by atoms with van der Waals surface area (Å²) in [5.74, 6) is -1.69.